The quantitative estimate of drug-likeness (QED) is 0.257. The zero-order valence-corrected chi connectivity index (χ0v) is 18.5. The number of rotatable bonds is 5. The molecule has 0 amide bonds. The highest BCUT2D eigenvalue weighted by atomic mass is 16.7. The van der Waals surface area contributed by atoms with E-state index >= 15 is 0 Å². The number of aliphatic hydroxyl groups is 6. The van der Waals surface area contributed by atoms with Crippen LogP contribution in [0.15, 0.2) is 11.1 Å². The Hall–Kier alpha value is -1.15. The Morgan fingerprint density at radius 2 is 1.66 bits per heavy atom. The topological polar surface area (TPSA) is 175 Å². The van der Waals surface area contributed by atoms with E-state index in [-0.39, 0.29) is 6.61 Å². The molecule has 0 aromatic rings. The van der Waals surface area contributed by atoms with Crippen molar-refractivity contribution in [1.82, 2.24) is 0 Å². The van der Waals surface area contributed by atoms with Crippen LogP contribution in [-0.4, -0.2) is 105 Å². The highest BCUT2D eigenvalue weighted by Crippen LogP contribution is 2.41. The van der Waals surface area contributed by atoms with Crippen molar-refractivity contribution >= 4 is 5.97 Å². The second-order valence-electron chi connectivity index (χ2n) is 9.40. The Bertz CT molecular complexity index is 708. The fraction of sp³-hybridized carbons (Fsp3) is 0.857. The largest absolute Gasteiger partial charge is 0.429 e. The Morgan fingerprint density at radius 3 is 2.31 bits per heavy atom. The van der Waals surface area contributed by atoms with Gasteiger partial charge in [-0.1, -0.05) is 19.4 Å². The number of aliphatic hydroxyl groups excluding tert-OH is 6. The molecule has 9 atom stereocenters. The van der Waals surface area contributed by atoms with Crippen LogP contribution in [0.4, 0.5) is 0 Å². The fourth-order valence-electron chi connectivity index (χ4n) is 4.51. The van der Waals surface area contributed by atoms with Crippen LogP contribution in [0.3, 0.4) is 0 Å². The van der Waals surface area contributed by atoms with Gasteiger partial charge in [0.05, 0.1) is 13.2 Å². The molecule has 0 aromatic heterocycles. The van der Waals surface area contributed by atoms with Crippen LogP contribution in [0.1, 0.15) is 40.0 Å². The van der Waals surface area contributed by atoms with Crippen molar-refractivity contribution in [1.29, 1.82) is 0 Å². The second-order valence-corrected chi connectivity index (χ2v) is 9.40. The SMILES string of the molecule is CC1=C(C(=O)O[C@@H]2O[C@@H](CO[C@H]3OC[C@@H](O)[C@@H](O)[C@H]3O)[C@@H](O)[C@@H](O)[C@H]2O)C(C)(C)CCC1. The molecule has 0 unspecified atom stereocenters. The normalized spacial score (nSPS) is 42.6. The monoisotopic (exact) mass is 462 g/mol. The smallest absolute Gasteiger partial charge is 0.336 e. The highest BCUT2D eigenvalue weighted by Gasteiger charge is 2.47. The van der Waals surface area contributed by atoms with Crippen LogP contribution < -0.4 is 0 Å². The Balaban J connectivity index is 1.66. The lowest BCUT2D eigenvalue weighted by atomic mass is 9.73. The van der Waals surface area contributed by atoms with Crippen LogP contribution in [0.5, 0.6) is 0 Å². The van der Waals surface area contributed by atoms with Gasteiger partial charge < -0.3 is 49.6 Å². The van der Waals surface area contributed by atoms with Crippen LogP contribution >= 0.6 is 0 Å². The summed E-state index contributed by atoms with van der Waals surface area (Å²) in [6, 6.07) is 0. The first-order valence-electron chi connectivity index (χ1n) is 10.8. The van der Waals surface area contributed by atoms with E-state index in [2.05, 4.69) is 0 Å². The van der Waals surface area contributed by atoms with Crippen LogP contribution in [-0.2, 0) is 23.7 Å². The zero-order chi connectivity index (χ0) is 23.8. The first-order valence-corrected chi connectivity index (χ1v) is 10.8. The lowest BCUT2D eigenvalue weighted by Gasteiger charge is -2.41. The van der Waals surface area contributed by atoms with E-state index in [1.165, 1.54) is 0 Å². The summed E-state index contributed by atoms with van der Waals surface area (Å²) in [7, 11) is 0. The zero-order valence-electron chi connectivity index (χ0n) is 18.5. The van der Waals surface area contributed by atoms with E-state index in [1.807, 2.05) is 20.8 Å². The predicted molar refractivity (Wildman–Crippen MR) is 107 cm³/mol. The minimum Gasteiger partial charge on any atom is -0.429 e. The molecule has 0 saturated carbocycles. The Kier molecular flexibility index (Phi) is 7.96. The second kappa shape index (κ2) is 10.00. The van der Waals surface area contributed by atoms with Gasteiger partial charge in [-0.05, 0) is 31.6 Å². The standard InChI is InChI=1S/C21H34O11/c1-9-5-4-6-21(2,3)12(9)18(28)32-20-17(27)15(25)14(24)11(31-20)8-30-19-16(26)13(23)10(22)7-29-19/h10-11,13-17,19-20,22-27H,4-8H2,1-3H3/t10-,11+,13-,14-,15-,16-,17-,19-,20+/m1/s1. The maximum atomic E-state index is 12.9. The van der Waals surface area contributed by atoms with E-state index in [9.17, 15) is 35.4 Å². The molecule has 32 heavy (non-hydrogen) atoms. The molecule has 0 spiro atoms. The molecule has 2 heterocycles. The third kappa shape index (κ3) is 5.16. The average Bonchev–Trinajstić information content (AvgIpc) is 2.72. The lowest BCUT2D eigenvalue weighted by Crippen LogP contribution is -2.60. The summed E-state index contributed by atoms with van der Waals surface area (Å²) in [5.74, 6) is -0.664. The van der Waals surface area contributed by atoms with Crippen molar-refractivity contribution < 1.29 is 54.4 Å². The molecule has 11 nitrogen and oxygen atoms in total. The van der Waals surface area contributed by atoms with E-state index in [0.29, 0.717) is 5.57 Å². The number of ether oxygens (including phenoxy) is 4. The highest BCUT2D eigenvalue weighted by molar-refractivity contribution is 5.91. The Morgan fingerprint density at radius 1 is 1.00 bits per heavy atom. The molecular weight excluding hydrogens is 428 g/mol. The number of esters is 1. The van der Waals surface area contributed by atoms with Gasteiger partial charge in [-0.25, -0.2) is 4.79 Å². The van der Waals surface area contributed by atoms with E-state index in [0.717, 1.165) is 24.8 Å². The number of hydrogen-bond acceptors (Lipinski definition) is 11. The summed E-state index contributed by atoms with van der Waals surface area (Å²) in [5.41, 5.74) is 0.972. The molecule has 0 bridgehead atoms. The molecule has 3 aliphatic rings. The van der Waals surface area contributed by atoms with Gasteiger partial charge in [0.2, 0.25) is 6.29 Å². The van der Waals surface area contributed by atoms with Gasteiger partial charge in [0.1, 0.15) is 42.7 Å². The minimum absolute atomic E-state index is 0.275. The molecule has 11 heteroatoms. The van der Waals surface area contributed by atoms with Crippen LogP contribution in [0.2, 0.25) is 0 Å². The van der Waals surface area contributed by atoms with Crippen molar-refractivity contribution in [3.8, 4) is 0 Å². The Labute approximate surface area is 186 Å². The molecule has 0 radical (unpaired) electrons. The van der Waals surface area contributed by atoms with Gasteiger partial charge in [-0.2, -0.15) is 0 Å². The predicted octanol–water partition coefficient (Wildman–Crippen LogP) is -1.68. The van der Waals surface area contributed by atoms with Crippen LogP contribution in [0.25, 0.3) is 0 Å². The van der Waals surface area contributed by atoms with Crippen molar-refractivity contribution in [3.63, 3.8) is 0 Å². The van der Waals surface area contributed by atoms with Gasteiger partial charge in [-0.3, -0.25) is 0 Å². The summed E-state index contributed by atoms with van der Waals surface area (Å²) in [6.07, 6.45) is -10.9. The maximum Gasteiger partial charge on any atom is 0.336 e. The van der Waals surface area contributed by atoms with Gasteiger partial charge in [0, 0.05) is 5.57 Å². The van der Waals surface area contributed by atoms with E-state index in [1.54, 1.807) is 0 Å². The molecule has 2 fully saturated rings. The molecule has 6 N–H and O–H groups in total. The van der Waals surface area contributed by atoms with Crippen LogP contribution in [0, 0.1) is 5.41 Å². The maximum absolute atomic E-state index is 12.9. The molecule has 2 aliphatic heterocycles. The summed E-state index contributed by atoms with van der Waals surface area (Å²) in [4.78, 5) is 12.9. The minimum atomic E-state index is -1.69. The van der Waals surface area contributed by atoms with Crippen molar-refractivity contribution in [2.24, 2.45) is 5.41 Å². The van der Waals surface area contributed by atoms with E-state index in [4.69, 9.17) is 18.9 Å². The van der Waals surface area contributed by atoms with Gasteiger partial charge >= 0.3 is 5.97 Å². The summed E-state index contributed by atoms with van der Waals surface area (Å²) < 4.78 is 21.4. The lowest BCUT2D eigenvalue weighted by molar-refractivity contribution is -0.314. The first kappa shape index (κ1) is 25.5. The fourth-order valence-corrected chi connectivity index (χ4v) is 4.51. The van der Waals surface area contributed by atoms with Crippen molar-refractivity contribution in [2.75, 3.05) is 13.2 Å². The van der Waals surface area contributed by atoms with Crippen molar-refractivity contribution in [2.45, 2.75) is 95.3 Å². The molecule has 3 rings (SSSR count). The molecular formula is C21H34O11. The average molecular weight is 462 g/mol. The number of allylic oxidation sites excluding steroid dienone is 1. The molecule has 1 aliphatic carbocycles. The van der Waals surface area contributed by atoms with Gasteiger partial charge in [0.15, 0.2) is 6.29 Å². The summed E-state index contributed by atoms with van der Waals surface area (Å²) in [5, 5.41) is 60.0. The summed E-state index contributed by atoms with van der Waals surface area (Å²) in [6.45, 7) is 5.02. The van der Waals surface area contributed by atoms with E-state index < -0.39 is 73.3 Å². The number of carbonyl (C=O) groups is 1. The third-order valence-corrected chi connectivity index (χ3v) is 6.43. The number of carbonyl (C=O) groups excluding carboxylic acids is 1. The third-order valence-electron chi connectivity index (χ3n) is 6.43. The van der Waals surface area contributed by atoms with Gasteiger partial charge in [-0.15, -0.1) is 0 Å². The molecule has 0 aromatic carbocycles. The number of hydrogen-bond donors (Lipinski definition) is 6. The van der Waals surface area contributed by atoms with Gasteiger partial charge in [0.25, 0.3) is 0 Å². The molecule has 184 valence electrons. The van der Waals surface area contributed by atoms with Crippen molar-refractivity contribution in [3.05, 3.63) is 11.1 Å². The molecule has 2 saturated heterocycles. The summed E-state index contributed by atoms with van der Waals surface area (Å²) >= 11 is 0. The first-order chi connectivity index (χ1) is 14.9.